The first-order chi connectivity index (χ1) is 6.75. The zero-order valence-corrected chi connectivity index (χ0v) is 8.30. The molecule has 1 aliphatic rings. The van der Waals surface area contributed by atoms with E-state index in [9.17, 15) is 0 Å². The molecular formula is C10H15N3O. The van der Waals surface area contributed by atoms with Crippen molar-refractivity contribution in [2.75, 3.05) is 18.5 Å². The number of aliphatic hydroxyl groups excluding tert-OH is 1. The molecule has 76 valence electrons. The molecule has 0 radical (unpaired) electrons. The van der Waals surface area contributed by atoms with E-state index in [2.05, 4.69) is 15.1 Å². The van der Waals surface area contributed by atoms with E-state index in [1.54, 1.807) is 6.20 Å². The molecule has 1 aromatic heterocycles. The summed E-state index contributed by atoms with van der Waals surface area (Å²) in [5.41, 5.74) is 0. The van der Waals surface area contributed by atoms with E-state index in [1.807, 2.05) is 19.2 Å². The van der Waals surface area contributed by atoms with Gasteiger partial charge in [-0.2, -0.15) is 5.10 Å². The van der Waals surface area contributed by atoms with Crippen LogP contribution in [0.2, 0.25) is 0 Å². The molecule has 0 unspecified atom stereocenters. The van der Waals surface area contributed by atoms with Crippen LogP contribution in [-0.2, 0) is 0 Å². The van der Waals surface area contributed by atoms with E-state index in [-0.39, 0.29) is 6.10 Å². The van der Waals surface area contributed by atoms with E-state index in [0.717, 1.165) is 25.2 Å². The number of aromatic nitrogens is 2. The summed E-state index contributed by atoms with van der Waals surface area (Å²) in [6, 6.07) is 3.83. The molecule has 0 spiro atoms. The van der Waals surface area contributed by atoms with Crippen LogP contribution in [0.3, 0.4) is 0 Å². The Hall–Kier alpha value is -1.16. The highest BCUT2D eigenvalue weighted by Crippen LogP contribution is 2.28. The molecule has 1 fully saturated rings. The third-order valence-corrected chi connectivity index (χ3v) is 2.69. The Kier molecular flexibility index (Phi) is 2.63. The second-order valence-electron chi connectivity index (χ2n) is 3.95. The van der Waals surface area contributed by atoms with E-state index < -0.39 is 0 Å². The molecular weight excluding hydrogens is 178 g/mol. The fraction of sp³-hybridized carbons (Fsp3) is 0.600. The van der Waals surface area contributed by atoms with Crippen molar-refractivity contribution >= 4 is 5.82 Å². The van der Waals surface area contributed by atoms with Gasteiger partial charge in [-0.05, 0) is 30.9 Å². The Bertz CT molecular complexity index is 285. The normalized spacial score (nSPS) is 25.6. The lowest BCUT2D eigenvalue weighted by molar-refractivity contribution is 0.0464. The molecule has 0 aliphatic heterocycles. The van der Waals surface area contributed by atoms with Gasteiger partial charge in [-0.25, -0.2) is 0 Å². The molecule has 0 aromatic carbocycles. The van der Waals surface area contributed by atoms with Crippen LogP contribution in [-0.4, -0.2) is 35.0 Å². The third-order valence-electron chi connectivity index (χ3n) is 2.69. The number of hydrogen-bond acceptors (Lipinski definition) is 4. The predicted octanol–water partition coefficient (Wildman–Crippen LogP) is 0.684. The second-order valence-corrected chi connectivity index (χ2v) is 3.95. The average molecular weight is 193 g/mol. The fourth-order valence-corrected chi connectivity index (χ4v) is 1.83. The van der Waals surface area contributed by atoms with Gasteiger partial charge in [0.15, 0.2) is 5.82 Å². The summed E-state index contributed by atoms with van der Waals surface area (Å²) in [7, 11) is 2.01. The minimum atomic E-state index is -0.0738. The van der Waals surface area contributed by atoms with Crippen molar-refractivity contribution in [3.8, 4) is 0 Å². The molecule has 2 rings (SSSR count). The topological polar surface area (TPSA) is 49.2 Å². The minimum Gasteiger partial charge on any atom is -0.393 e. The minimum absolute atomic E-state index is 0.0738. The second kappa shape index (κ2) is 3.92. The van der Waals surface area contributed by atoms with Crippen molar-refractivity contribution in [3.05, 3.63) is 18.3 Å². The summed E-state index contributed by atoms with van der Waals surface area (Å²) in [5, 5.41) is 17.0. The summed E-state index contributed by atoms with van der Waals surface area (Å²) in [6.45, 7) is 0.954. The van der Waals surface area contributed by atoms with Crippen molar-refractivity contribution < 1.29 is 5.11 Å². The van der Waals surface area contributed by atoms with Crippen LogP contribution in [0.25, 0.3) is 0 Å². The van der Waals surface area contributed by atoms with Gasteiger partial charge in [-0.15, -0.1) is 5.10 Å². The van der Waals surface area contributed by atoms with Crippen molar-refractivity contribution in [2.24, 2.45) is 5.92 Å². The van der Waals surface area contributed by atoms with Crippen LogP contribution in [0, 0.1) is 5.92 Å². The zero-order chi connectivity index (χ0) is 9.97. The van der Waals surface area contributed by atoms with Gasteiger partial charge in [0.05, 0.1) is 6.10 Å². The van der Waals surface area contributed by atoms with Gasteiger partial charge in [0.1, 0.15) is 0 Å². The number of rotatable bonds is 3. The lowest BCUT2D eigenvalue weighted by Crippen LogP contribution is -2.37. The van der Waals surface area contributed by atoms with Crippen LogP contribution in [0.4, 0.5) is 5.82 Å². The van der Waals surface area contributed by atoms with Gasteiger partial charge in [0, 0.05) is 19.8 Å². The van der Waals surface area contributed by atoms with E-state index in [1.165, 1.54) is 0 Å². The molecule has 0 atom stereocenters. The SMILES string of the molecule is CN(CC1CC(O)C1)c1cccnn1. The fourth-order valence-electron chi connectivity index (χ4n) is 1.83. The van der Waals surface area contributed by atoms with Crippen LogP contribution < -0.4 is 4.90 Å². The van der Waals surface area contributed by atoms with Crippen LogP contribution in [0.5, 0.6) is 0 Å². The average Bonchev–Trinajstić information content (AvgIpc) is 2.17. The van der Waals surface area contributed by atoms with Crippen molar-refractivity contribution in [2.45, 2.75) is 18.9 Å². The standard InChI is InChI=1S/C10H15N3O/c1-13(7-8-5-9(14)6-8)10-3-2-4-11-12-10/h2-4,8-9,14H,5-7H2,1H3. The Morgan fingerprint density at radius 1 is 1.57 bits per heavy atom. The molecule has 4 heteroatoms. The number of hydrogen-bond donors (Lipinski definition) is 1. The molecule has 4 nitrogen and oxygen atoms in total. The highest BCUT2D eigenvalue weighted by atomic mass is 16.3. The lowest BCUT2D eigenvalue weighted by atomic mass is 9.82. The number of nitrogens with zero attached hydrogens (tertiary/aromatic N) is 3. The smallest absolute Gasteiger partial charge is 0.150 e. The van der Waals surface area contributed by atoms with Gasteiger partial charge >= 0.3 is 0 Å². The molecule has 0 saturated heterocycles. The van der Waals surface area contributed by atoms with Crippen LogP contribution in [0.1, 0.15) is 12.8 Å². The first-order valence-corrected chi connectivity index (χ1v) is 4.92. The summed E-state index contributed by atoms with van der Waals surface area (Å²) < 4.78 is 0. The molecule has 0 bridgehead atoms. The molecule has 1 saturated carbocycles. The van der Waals surface area contributed by atoms with E-state index >= 15 is 0 Å². The Labute approximate surface area is 83.6 Å². The quantitative estimate of drug-likeness (QED) is 0.767. The van der Waals surface area contributed by atoms with E-state index in [0.29, 0.717) is 5.92 Å². The van der Waals surface area contributed by atoms with Gasteiger partial charge in [-0.1, -0.05) is 0 Å². The highest BCUT2D eigenvalue weighted by molar-refractivity contribution is 5.35. The van der Waals surface area contributed by atoms with Crippen molar-refractivity contribution in [1.82, 2.24) is 10.2 Å². The maximum Gasteiger partial charge on any atom is 0.150 e. The Morgan fingerprint density at radius 2 is 2.36 bits per heavy atom. The van der Waals surface area contributed by atoms with Gasteiger partial charge in [0.2, 0.25) is 0 Å². The molecule has 0 amide bonds. The largest absolute Gasteiger partial charge is 0.393 e. The maximum absolute atomic E-state index is 9.16. The predicted molar refractivity (Wildman–Crippen MR) is 54.0 cm³/mol. The van der Waals surface area contributed by atoms with E-state index in [4.69, 9.17) is 5.11 Å². The maximum atomic E-state index is 9.16. The molecule has 1 aliphatic carbocycles. The summed E-state index contributed by atoms with van der Waals surface area (Å²) in [4.78, 5) is 2.09. The zero-order valence-electron chi connectivity index (χ0n) is 8.30. The summed E-state index contributed by atoms with van der Waals surface area (Å²) in [5.74, 6) is 1.51. The van der Waals surface area contributed by atoms with Gasteiger partial charge in [-0.3, -0.25) is 0 Å². The molecule has 1 heterocycles. The van der Waals surface area contributed by atoms with Crippen molar-refractivity contribution in [1.29, 1.82) is 0 Å². The van der Waals surface area contributed by atoms with Gasteiger partial charge in [0.25, 0.3) is 0 Å². The molecule has 14 heavy (non-hydrogen) atoms. The van der Waals surface area contributed by atoms with Crippen molar-refractivity contribution in [3.63, 3.8) is 0 Å². The summed E-state index contributed by atoms with van der Waals surface area (Å²) in [6.07, 6.45) is 3.44. The molecule has 1 N–H and O–H groups in total. The molecule has 1 aromatic rings. The van der Waals surface area contributed by atoms with Gasteiger partial charge < -0.3 is 10.0 Å². The monoisotopic (exact) mass is 193 g/mol. The number of anilines is 1. The Morgan fingerprint density at radius 3 is 2.93 bits per heavy atom. The third kappa shape index (κ3) is 2.01. The number of aliphatic hydroxyl groups is 1. The van der Waals surface area contributed by atoms with Crippen LogP contribution in [0.15, 0.2) is 18.3 Å². The van der Waals surface area contributed by atoms with Crippen LogP contribution >= 0.6 is 0 Å². The highest BCUT2D eigenvalue weighted by Gasteiger charge is 2.28. The first-order valence-electron chi connectivity index (χ1n) is 4.92. The lowest BCUT2D eigenvalue weighted by Gasteiger charge is -2.34. The summed E-state index contributed by atoms with van der Waals surface area (Å²) >= 11 is 0. The first kappa shape index (κ1) is 9.40. The Balaban J connectivity index is 1.87.